The molecule has 132 valence electrons. The van der Waals surface area contributed by atoms with Crippen LogP contribution in [0.1, 0.15) is 34.1 Å². The number of rotatable bonds is 6. The Bertz CT molecular complexity index is 441. The zero-order chi connectivity index (χ0) is 17.3. The Labute approximate surface area is 136 Å². The summed E-state index contributed by atoms with van der Waals surface area (Å²) in [4.78, 5) is 39.4. The minimum Gasteiger partial charge on any atom is -0.323 e. The first-order chi connectivity index (χ1) is 9.85. The van der Waals surface area contributed by atoms with Crippen LogP contribution in [0.3, 0.4) is 0 Å². The molecule has 0 aromatic carbocycles. The summed E-state index contributed by atoms with van der Waals surface area (Å²) in [7, 11) is -9.90. The molecule has 0 aromatic heterocycles. The molecule has 0 aliphatic carbocycles. The summed E-state index contributed by atoms with van der Waals surface area (Å²) in [6.45, 7) is 8.32. The molecule has 2 unspecified atom stereocenters. The van der Waals surface area contributed by atoms with Gasteiger partial charge in [-0.15, -0.1) is 0 Å². The van der Waals surface area contributed by atoms with Gasteiger partial charge in [0.2, 0.25) is 5.52 Å². The fourth-order valence-electron chi connectivity index (χ4n) is 3.02. The van der Waals surface area contributed by atoms with E-state index >= 15 is 0 Å². The van der Waals surface area contributed by atoms with E-state index in [9.17, 15) is 28.7 Å². The van der Waals surface area contributed by atoms with E-state index in [1.165, 1.54) is 4.90 Å². The molecular formula is C12H27NO6P2S. The van der Waals surface area contributed by atoms with Crippen molar-refractivity contribution in [1.29, 1.82) is 0 Å². The summed E-state index contributed by atoms with van der Waals surface area (Å²) in [5.41, 5.74) is -2.04. The number of hydrogen-bond donors (Lipinski definition) is 4. The molecule has 4 N–H and O–H groups in total. The van der Waals surface area contributed by atoms with E-state index in [4.69, 9.17) is 0 Å². The quantitative estimate of drug-likeness (QED) is 0.522. The van der Waals surface area contributed by atoms with Crippen molar-refractivity contribution in [3.8, 4) is 0 Å². The van der Waals surface area contributed by atoms with Crippen molar-refractivity contribution < 1.29 is 28.7 Å². The molecule has 0 spiro atoms. The third-order valence-corrected chi connectivity index (χ3v) is 9.00. The maximum Gasteiger partial charge on any atom is 0.354 e. The molecule has 0 saturated carbocycles. The average molecular weight is 375 g/mol. The van der Waals surface area contributed by atoms with Gasteiger partial charge in [0.15, 0.2) is 0 Å². The first kappa shape index (κ1) is 20.7. The first-order valence-electron chi connectivity index (χ1n) is 7.33. The molecule has 1 aliphatic heterocycles. The van der Waals surface area contributed by atoms with Crippen LogP contribution in [0.2, 0.25) is 0 Å². The van der Waals surface area contributed by atoms with Crippen molar-refractivity contribution in [3.63, 3.8) is 0 Å². The van der Waals surface area contributed by atoms with Gasteiger partial charge in [0.25, 0.3) is 0 Å². The third kappa shape index (κ3) is 5.32. The Kier molecular flexibility index (Phi) is 7.19. The van der Waals surface area contributed by atoms with E-state index < -0.39 is 20.7 Å². The minimum absolute atomic E-state index is 0.0942. The van der Waals surface area contributed by atoms with E-state index in [1.807, 2.05) is 27.7 Å². The Morgan fingerprint density at radius 1 is 1.09 bits per heavy atom. The van der Waals surface area contributed by atoms with Gasteiger partial charge in [-0.2, -0.15) is 11.8 Å². The standard InChI is InChI=1S/C12H27NO6P2S/c1-8(2)7-10-11(9(3)4)22-6-5-13(10)12(20(14,15)16)21(17,18)19/h8-12H,5-7H2,1-4H3,(H2,14,15,16)(H2,17,18,19). The van der Waals surface area contributed by atoms with Gasteiger partial charge < -0.3 is 19.6 Å². The maximum absolute atomic E-state index is 11.7. The second-order valence-electron chi connectivity index (χ2n) is 6.54. The Morgan fingerprint density at radius 2 is 1.59 bits per heavy atom. The van der Waals surface area contributed by atoms with Crippen molar-refractivity contribution >= 4 is 27.0 Å². The van der Waals surface area contributed by atoms with E-state index in [0.29, 0.717) is 12.2 Å². The van der Waals surface area contributed by atoms with Gasteiger partial charge in [0, 0.05) is 23.6 Å². The highest BCUT2D eigenvalue weighted by molar-refractivity contribution is 8.00. The molecule has 0 radical (unpaired) electrons. The first-order valence-corrected chi connectivity index (χ1v) is 11.7. The summed E-state index contributed by atoms with van der Waals surface area (Å²) in [5, 5.41) is 0.0942. The number of nitrogens with zero attached hydrogens (tertiary/aromatic N) is 1. The molecule has 0 aromatic rings. The second-order valence-corrected chi connectivity index (χ2v) is 11.6. The molecule has 0 bridgehead atoms. The van der Waals surface area contributed by atoms with Crippen molar-refractivity contribution in [1.82, 2.24) is 4.90 Å². The molecule has 10 heteroatoms. The summed E-state index contributed by atoms with van der Waals surface area (Å²) in [6.07, 6.45) is 0.645. The predicted molar refractivity (Wildman–Crippen MR) is 88.9 cm³/mol. The van der Waals surface area contributed by atoms with Crippen molar-refractivity contribution in [3.05, 3.63) is 0 Å². The average Bonchev–Trinajstić information content (AvgIpc) is 2.26. The van der Waals surface area contributed by atoms with Crippen molar-refractivity contribution in [2.45, 2.75) is 50.9 Å². The Morgan fingerprint density at radius 3 is 1.95 bits per heavy atom. The molecule has 1 rings (SSSR count). The smallest absolute Gasteiger partial charge is 0.323 e. The van der Waals surface area contributed by atoms with Crippen molar-refractivity contribution in [2.24, 2.45) is 11.8 Å². The van der Waals surface area contributed by atoms with Crippen molar-refractivity contribution in [2.75, 3.05) is 12.3 Å². The predicted octanol–water partition coefficient (Wildman–Crippen LogP) is 2.11. The highest BCUT2D eigenvalue weighted by atomic mass is 32.2. The lowest BCUT2D eigenvalue weighted by atomic mass is 9.93. The molecular weight excluding hydrogens is 348 g/mol. The molecule has 22 heavy (non-hydrogen) atoms. The van der Waals surface area contributed by atoms with Crippen LogP contribution in [0, 0.1) is 11.8 Å². The van der Waals surface area contributed by atoms with E-state index in [2.05, 4.69) is 0 Å². The third-order valence-electron chi connectivity index (χ3n) is 3.73. The van der Waals surface area contributed by atoms with Gasteiger partial charge in [-0.1, -0.05) is 27.7 Å². The number of hydrogen-bond acceptors (Lipinski definition) is 4. The molecule has 0 amide bonds. The van der Waals surface area contributed by atoms with Crippen LogP contribution in [0.5, 0.6) is 0 Å². The van der Waals surface area contributed by atoms with E-state index in [0.717, 1.165) is 0 Å². The monoisotopic (exact) mass is 375 g/mol. The molecule has 1 saturated heterocycles. The summed E-state index contributed by atoms with van der Waals surface area (Å²) in [6, 6.07) is -0.260. The minimum atomic E-state index is -4.95. The fourth-order valence-corrected chi connectivity index (χ4v) is 7.39. The van der Waals surface area contributed by atoms with Gasteiger partial charge in [-0.25, -0.2) is 0 Å². The summed E-state index contributed by atoms with van der Waals surface area (Å²) in [5.74, 6) is 1.13. The van der Waals surface area contributed by atoms with Gasteiger partial charge in [-0.3, -0.25) is 14.0 Å². The molecule has 1 aliphatic rings. The van der Waals surface area contributed by atoms with Crippen LogP contribution in [-0.4, -0.2) is 53.6 Å². The highest BCUT2D eigenvalue weighted by Gasteiger charge is 2.52. The van der Waals surface area contributed by atoms with Gasteiger partial charge in [0.1, 0.15) is 0 Å². The fraction of sp³-hybridized carbons (Fsp3) is 1.00. The molecule has 2 atom stereocenters. The molecule has 1 heterocycles. The van der Waals surface area contributed by atoms with Crippen LogP contribution >= 0.6 is 27.0 Å². The van der Waals surface area contributed by atoms with Gasteiger partial charge in [-0.05, 0) is 18.3 Å². The SMILES string of the molecule is CC(C)CC1C(C(C)C)SCCN1C(P(=O)(O)O)P(=O)(O)O. The lowest BCUT2D eigenvalue weighted by Gasteiger charge is -2.46. The van der Waals surface area contributed by atoms with Crippen LogP contribution in [0.25, 0.3) is 0 Å². The Balaban J connectivity index is 3.25. The van der Waals surface area contributed by atoms with Gasteiger partial charge in [0.05, 0.1) is 0 Å². The van der Waals surface area contributed by atoms with E-state index in [-0.39, 0.29) is 29.7 Å². The second kappa shape index (κ2) is 7.66. The topological polar surface area (TPSA) is 118 Å². The van der Waals surface area contributed by atoms with Crippen LogP contribution in [-0.2, 0) is 9.13 Å². The van der Waals surface area contributed by atoms with Crippen LogP contribution in [0.15, 0.2) is 0 Å². The van der Waals surface area contributed by atoms with E-state index in [1.54, 1.807) is 11.8 Å². The normalized spacial score (nSPS) is 25.4. The largest absolute Gasteiger partial charge is 0.354 e. The van der Waals surface area contributed by atoms with Crippen LogP contribution < -0.4 is 0 Å². The summed E-state index contributed by atoms with van der Waals surface area (Å²) < 4.78 is 23.5. The number of thioether (sulfide) groups is 1. The van der Waals surface area contributed by atoms with Gasteiger partial charge >= 0.3 is 15.2 Å². The highest BCUT2D eigenvalue weighted by Crippen LogP contribution is 2.62. The maximum atomic E-state index is 11.7. The summed E-state index contributed by atoms with van der Waals surface area (Å²) >= 11 is 1.72. The lowest BCUT2D eigenvalue weighted by molar-refractivity contribution is 0.142. The lowest BCUT2D eigenvalue weighted by Crippen LogP contribution is -2.53. The van der Waals surface area contributed by atoms with Crippen LogP contribution in [0.4, 0.5) is 0 Å². The Hall–Kier alpha value is 0.610. The molecule has 7 nitrogen and oxygen atoms in total. The molecule has 1 fully saturated rings. The zero-order valence-electron chi connectivity index (χ0n) is 13.4. The zero-order valence-corrected chi connectivity index (χ0v) is 16.0.